The second-order valence-corrected chi connectivity index (χ2v) is 20.0. The van der Waals surface area contributed by atoms with Crippen molar-refractivity contribution in [2.45, 2.75) is 334 Å². The molecule has 3 N–H and O–H groups in total. The Morgan fingerprint density at radius 3 is 1.06 bits per heavy atom. The Morgan fingerprint density at radius 2 is 0.719 bits per heavy atom. The number of rotatable bonds is 54. The summed E-state index contributed by atoms with van der Waals surface area (Å²) in [5.41, 5.74) is 0. The van der Waals surface area contributed by atoms with Gasteiger partial charge in [-0.2, -0.15) is 0 Å². The molecule has 0 aromatic heterocycles. The highest BCUT2D eigenvalue weighted by molar-refractivity contribution is 5.76. The molecule has 6 nitrogen and oxygen atoms in total. The molecule has 0 aliphatic carbocycles. The Hall–Kier alpha value is -1.40. The van der Waals surface area contributed by atoms with Crippen LogP contribution in [-0.2, 0) is 14.3 Å². The van der Waals surface area contributed by atoms with Gasteiger partial charge in [-0.3, -0.25) is 9.59 Å². The maximum Gasteiger partial charge on any atom is 0.305 e. The molecule has 6 heteroatoms. The number of amides is 1. The minimum Gasteiger partial charge on any atom is -0.466 e. The zero-order valence-corrected chi connectivity index (χ0v) is 43.3. The summed E-state index contributed by atoms with van der Waals surface area (Å²) in [6.07, 6.45) is 63.7. The quantitative estimate of drug-likeness (QED) is 0.0321. The van der Waals surface area contributed by atoms with Crippen LogP contribution >= 0.6 is 0 Å². The highest BCUT2D eigenvalue weighted by atomic mass is 16.5. The maximum atomic E-state index is 12.4. The third-order valence-corrected chi connectivity index (χ3v) is 13.6. The number of carbonyl (C=O) groups excluding carboxylic acids is 2. The molecular weight excluding hydrogens is 791 g/mol. The number of aliphatic hydroxyl groups is 2. The van der Waals surface area contributed by atoms with Crippen LogP contribution < -0.4 is 5.32 Å². The first-order valence-electron chi connectivity index (χ1n) is 29.0. The number of carbonyl (C=O) groups is 2. The summed E-state index contributed by atoms with van der Waals surface area (Å²) in [5.74, 6) is -0.0748. The fourth-order valence-corrected chi connectivity index (χ4v) is 9.11. The zero-order valence-electron chi connectivity index (χ0n) is 43.3. The Bertz CT molecular complexity index is 955. The molecule has 64 heavy (non-hydrogen) atoms. The van der Waals surface area contributed by atoms with Crippen LogP contribution in [0.3, 0.4) is 0 Å². The SMILES string of the molecule is CCCCCCCCCCCCCCC/C=C/C(O)C(CO)NC(=O)CCCCCCCCCCCCCCCCOC(=O)CCCCCCCCCCCCCCCCCCCC. The summed E-state index contributed by atoms with van der Waals surface area (Å²) in [6.45, 7) is 4.90. The van der Waals surface area contributed by atoms with E-state index >= 15 is 0 Å². The predicted octanol–water partition coefficient (Wildman–Crippen LogP) is 17.7. The van der Waals surface area contributed by atoms with Crippen LogP contribution in [0, 0.1) is 0 Å². The van der Waals surface area contributed by atoms with Crippen molar-refractivity contribution < 1.29 is 24.5 Å². The van der Waals surface area contributed by atoms with Gasteiger partial charge in [-0.25, -0.2) is 0 Å². The lowest BCUT2D eigenvalue weighted by Crippen LogP contribution is -2.45. The van der Waals surface area contributed by atoms with Crippen molar-refractivity contribution in [1.82, 2.24) is 5.32 Å². The van der Waals surface area contributed by atoms with E-state index in [1.807, 2.05) is 6.08 Å². The fraction of sp³-hybridized carbons (Fsp3) is 0.931. The van der Waals surface area contributed by atoms with Crippen molar-refractivity contribution in [2.75, 3.05) is 13.2 Å². The number of allylic oxidation sites excluding steroid dienone is 1. The fourth-order valence-electron chi connectivity index (χ4n) is 9.11. The summed E-state index contributed by atoms with van der Waals surface area (Å²) in [6, 6.07) is -0.634. The first kappa shape index (κ1) is 62.6. The van der Waals surface area contributed by atoms with E-state index in [1.165, 1.54) is 238 Å². The second-order valence-electron chi connectivity index (χ2n) is 20.0. The normalized spacial score (nSPS) is 12.6. The number of hydrogen-bond acceptors (Lipinski definition) is 5. The highest BCUT2D eigenvalue weighted by Crippen LogP contribution is 2.17. The van der Waals surface area contributed by atoms with E-state index in [0.717, 1.165) is 57.8 Å². The molecule has 1 amide bonds. The van der Waals surface area contributed by atoms with E-state index in [9.17, 15) is 19.8 Å². The first-order chi connectivity index (χ1) is 31.5. The number of esters is 1. The summed E-state index contributed by atoms with van der Waals surface area (Å²) < 4.78 is 5.49. The molecule has 0 rings (SSSR count). The Balaban J connectivity index is 3.43. The van der Waals surface area contributed by atoms with Crippen LogP contribution in [0.1, 0.15) is 322 Å². The van der Waals surface area contributed by atoms with E-state index in [-0.39, 0.29) is 18.5 Å². The molecule has 0 radical (unpaired) electrons. The number of unbranched alkanes of at least 4 members (excludes halogenated alkanes) is 43. The Labute approximate surface area is 399 Å². The lowest BCUT2D eigenvalue weighted by molar-refractivity contribution is -0.143. The molecule has 0 heterocycles. The minimum atomic E-state index is -0.850. The van der Waals surface area contributed by atoms with Gasteiger partial charge in [0.2, 0.25) is 5.91 Å². The van der Waals surface area contributed by atoms with Crippen LogP contribution in [0.5, 0.6) is 0 Å². The van der Waals surface area contributed by atoms with Crippen molar-refractivity contribution >= 4 is 11.9 Å². The van der Waals surface area contributed by atoms with E-state index in [4.69, 9.17) is 4.74 Å². The third-order valence-electron chi connectivity index (χ3n) is 13.6. The molecule has 0 fully saturated rings. The van der Waals surface area contributed by atoms with Crippen LogP contribution in [0.25, 0.3) is 0 Å². The lowest BCUT2D eigenvalue weighted by atomic mass is 10.0. The summed E-state index contributed by atoms with van der Waals surface area (Å²) in [7, 11) is 0. The maximum absolute atomic E-state index is 12.4. The summed E-state index contributed by atoms with van der Waals surface area (Å²) >= 11 is 0. The summed E-state index contributed by atoms with van der Waals surface area (Å²) in [5, 5.41) is 23.1. The third kappa shape index (κ3) is 50.0. The van der Waals surface area contributed by atoms with Crippen molar-refractivity contribution in [3.8, 4) is 0 Å². The van der Waals surface area contributed by atoms with Crippen molar-refractivity contribution in [3.63, 3.8) is 0 Å². The van der Waals surface area contributed by atoms with Gasteiger partial charge < -0.3 is 20.3 Å². The topological polar surface area (TPSA) is 95.9 Å². The molecule has 0 aliphatic rings. The zero-order chi connectivity index (χ0) is 46.5. The number of hydrogen-bond donors (Lipinski definition) is 3. The molecule has 0 spiro atoms. The van der Waals surface area contributed by atoms with E-state index in [1.54, 1.807) is 6.08 Å². The van der Waals surface area contributed by atoms with Crippen LogP contribution in [0.2, 0.25) is 0 Å². The largest absolute Gasteiger partial charge is 0.466 e. The van der Waals surface area contributed by atoms with Gasteiger partial charge >= 0.3 is 5.97 Å². The average Bonchev–Trinajstić information content (AvgIpc) is 3.29. The number of aliphatic hydroxyl groups excluding tert-OH is 2. The molecule has 0 aromatic rings. The van der Waals surface area contributed by atoms with Gasteiger partial charge in [0.25, 0.3) is 0 Å². The van der Waals surface area contributed by atoms with Gasteiger partial charge in [-0.15, -0.1) is 0 Å². The van der Waals surface area contributed by atoms with Crippen LogP contribution in [-0.4, -0.2) is 47.4 Å². The van der Waals surface area contributed by atoms with E-state index in [0.29, 0.717) is 19.4 Å². The predicted molar refractivity (Wildman–Crippen MR) is 278 cm³/mol. The van der Waals surface area contributed by atoms with Crippen molar-refractivity contribution in [3.05, 3.63) is 12.2 Å². The smallest absolute Gasteiger partial charge is 0.305 e. The molecule has 2 unspecified atom stereocenters. The molecule has 380 valence electrons. The summed E-state index contributed by atoms with van der Waals surface area (Å²) in [4.78, 5) is 24.5. The van der Waals surface area contributed by atoms with Gasteiger partial charge in [0.15, 0.2) is 0 Å². The van der Waals surface area contributed by atoms with Gasteiger partial charge in [0.05, 0.1) is 25.4 Å². The standard InChI is InChI=1S/C58H113NO5/c1-3-5-7-9-11-13-15-17-19-20-21-23-28-32-36-40-44-48-52-58(63)64-53-49-45-41-37-33-29-25-24-27-31-35-39-43-47-51-57(62)59-55(54-60)56(61)50-46-42-38-34-30-26-22-18-16-14-12-10-8-6-4-2/h46,50,55-56,60-61H,3-45,47-49,51-54H2,1-2H3,(H,59,62)/b50-46+. The Morgan fingerprint density at radius 1 is 0.422 bits per heavy atom. The van der Waals surface area contributed by atoms with Crippen LogP contribution in [0.15, 0.2) is 12.2 Å². The van der Waals surface area contributed by atoms with Gasteiger partial charge in [0.1, 0.15) is 0 Å². The molecule has 0 aliphatic heterocycles. The lowest BCUT2D eigenvalue weighted by Gasteiger charge is -2.20. The van der Waals surface area contributed by atoms with Gasteiger partial charge in [-0.05, 0) is 32.1 Å². The molecular formula is C58H113NO5. The van der Waals surface area contributed by atoms with Crippen LogP contribution in [0.4, 0.5) is 0 Å². The molecule has 2 atom stereocenters. The first-order valence-corrected chi connectivity index (χ1v) is 29.0. The minimum absolute atomic E-state index is 0.00145. The molecule has 0 aromatic carbocycles. The van der Waals surface area contributed by atoms with Crippen molar-refractivity contribution in [2.24, 2.45) is 0 Å². The molecule has 0 bridgehead atoms. The van der Waals surface area contributed by atoms with E-state index in [2.05, 4.69) is 19.2 Å². The average molecular weight is 905 g/mol. The molecule has 0 saturated heterocycles. The van der Waals surface area contributed by atoms with Gasteiger partial charge in [-0.1, -0.05) is 289 Å². The number of nitrogens with one attached hydrogen (secondary N) is 1. The number of ether oxygens (including phenoxy) is 1. The Kier molecular flexibility index (Phi) is 53.0. The molecule has 0 saturated carbocycles. The monoisotopic (exact) mass is 904 g/mol. The highest BCUT2D eigenvalue weighted by Gasteiger charge is 2.18. The van der Waals surface area contributed by atoms with Crippen molar-refractivity contribution in [1.29, 1.82) is 0 Å². The van der Waals surface area contributed by atoms with E-state index < -0.39 is 12.1 Å². The van der Waals surface area contributed by atoms with Gasteiger partial charge in [0, 0.05) is 12.8 Å². The second kappa shape index (κ2) is 54.2.